The molecule has 2 atom stereocenters. The summed E-state index contributed by atoms with van der Waals surface area (Å²) in [6.07, 6.45) is -1.67. The van der Waals surface area contributed by atoms with Gasteiger partial charge in [-0.2, -0.15) is 12.6 Å². The lowest BCUT2D eigenvalue weighted by Gasteiger charge is -2.18. The molecule has 0 aliphatic rings. The standard InChI is InChI=1S/C13H19NO4S/c1-2-18-13(17)9-7-8(3-4-10(9)14)12(16)11(15)5-6-19/h3-4,7,11-12,15-16,19H,2,5-6,14H2,1H3. The van der Waals surface area contributed by atoms with Gasteiger partial charge in [-0.05, 0) is 36.8 Å². The second-order valence-corrected chi connectivity index (χ2v) is 4.54. The van der Waals surface area contributed by atoms with Crippen molar-refractivity contribution in [1.82, 2.24) is 0 Å². The number of ether oxygens (including phenoxy) is 1. The van der Waals surface area contributed by atoms with Crippen LogP contribution in [-0.2, 0) is 4.74 Å². The van der Waals surface area contributed by atoms with Crippen molar-refractivity contribution in [3.05, 3.63) is 29.3 Å². The zero-order valence-electron chi connectivity index (χ0n) is 10.7. The zero-order valence-corrected chi connectivity index (χ0v) is 11.6. The molecule has 2 unspecified atom stereocenters. The van der Waals surface area contributed by atoms with Crippen molar-refractivity contribution in [2.24, 2.45) is 0 Å². The number of aliphatic hydroxyl groups is 2. The number of benzene rings is 1. The van der Waals surface area contributed by atoms with E-state index in [9.17, 15) is 15.0 Å². The Hall–Kier alpha value is -1.24. The van der Waals surface area contributed by atoms with Crippen molar-refractivity contribution in [2.45, 2.75) is 25.6 Å². The summed E-state index contributed by atoms with van der Waals surface area (Å²) >= 11 is 4.00. The highest BCUT2D eigenvalue weighted by molar-refractivity contribution is 7.80. The van der Waals surface area contributed by atoms with Gasteiger partial charge in [0.05, 0.1) is 18.3 Å². The van der Waals surface area contributed by atoms with Crippen LogP contribution >= 0.6 is 12.6 Å². The predicted molar refractivity (Wildman–Crippen MR) is 76.2 cm³/mol. The minimum absolute atomic E-state index is 0.191. The molecule has 0 saturated heterocycles. The molecule has 0 saturated carbocycles. The van der Waals surface area contributed by atoms with E-state index < -0.39 is 18.2 Å². The molecule has 5 nitrogen and oxygen atoms in total. The van der Waals surface area contributed by atoms with E-state index >= 15 is 0 Å². The van der Waals surface area contributed by atoms with E-state index in [1.807, 2.05) is 0 Å². The van der Waals surface area contributed by atoms with Gasteiger partial charge >= 0.3 is 5.97 Å². The van der Waals surface area contributed by atoms with Gasteiger partial charge in [-0.15, -0.1) is 0 Å². The first-order valence-corrected chi connectivity index (χ1v) is 6.68. The van der Waals surface area contributed by atoms with Crippen LogP contribution in [0, 0.1) is 0 Å². The van der Waals surface area contributed by atoms with Crippen LogP contribution in [0.2, 0.25) is 0 Å². The first-order chi connectivity index (χ1) is 9.01. The third-order valence-electron chi connectivity index (χ3n) is 2.70. The van der Waals surface area contributed by atoms with Crippen molar-refractivity contribution >= 4 is 24.3 Å². The normalized spacial score (nSPS) is 13.9. The third kappa shape index (κ3) is 4.12. The lowest BCUT2D eigenvalue weighted by Crippen LogP contribution is -2.19. The number of rotatable bonds is 6. The molecule has 0 aromatic heterocycles. The van der Waals surface area contributed by atoms with Crippen LogP contribution in [0.3, 0.4) is 0 Å². The number of nitrogens with two attached hydrogens (primary N) is 1. The van der Waals surface area contributed by atoms with Crippen molar-refractivity contribution in [3.63, 3.8) is 0 Å². The Morgan fingerprint density at radius 2 is 2.16 bits per heavy atom. The summed E-state index contributed by atoms with van der Waals surface area (Å²) in [7, 11) is 0. The van der Waals surface area contributed by atoms with Crippen LogP contribution in [0.5, 0.6) is 0 Å². The highest BCUT2D eigenvalue weighted by Gasteiger charge is 2.20. The van der Waals surface area contributed by atoms with E-state index in [1.54, 1.807) is 13.0 Å². The number of esters is 1. The van der Waals surface area contributed by atoms with Crippen LogP contribution in [0.1, 0.15) is 35.4 Å². The van der Waals surface area contributed by atoms with E-state index in [4.69, 9.17) is 10.5 Å². The molecule has 1 aromatic carbocycles. The molecule has 0 heterocycles. The average Bonchev–Trinajstić information content (AvgIpc) is 2.39. The van der Waals surface area contributed by atoms with Crippen LogP contribution < -0.4 is 5.73 Å². The summed E-state index contributed by atoms with van der Waals surface area (Å²) in [5, 5.41) is 19.7. The Balaban J connectivity index is 2.98. The topological polar surface area (TPSA) is 92.8 Å². The average molecular weight is 285 g/mol. The molecule has 19 heavy (non-hydrogen) atoms. The van der Waals surface area contributed by atoms with Crippen molar-refractivity contribution < 1.29 is 19.7 Å². The number of hydrogen-bond donors (Lipinski definition) is 4. The highest BCUT2D eigenvalue weighted by atomic mass is 32.1. The molecule has 4 N–H and O–H groups in total. The van der Waals surface area contributed by atoms with Crippen LogP contribution in [-0.4, -0.2) is 34.6 Å². The van der Waals surface area contributed by atoms with E-state index in [1.165, 1.54) is 12.1 Å². The first kappa shape index (κ1) is 15.8. The minimum atomic E-state index is -1.08. The fourth-order valence-electron chi connectivity index (χ4n) is 1.66. The summed E-state index contributed by atoms with van der Waals surface area (Å²) < 4.78 is 4.88. The van der Waals surface area contributed by atoms with Crippen LogP contribution in [0.15, 0.2) is 18.2 Å². The largest absolute Gasteiger partial charge is 0.462 e. The zero-order chi connectivity index (χ0) is 14.4. The molecular formula is C13H19NO4S. The highest BCUT2D eigenvalue weighted by Crippen LogP contribution is 2.24. The molecule has 1 rings (SSSR count). The van der Waals surface area contributed by atoms with Gasteiger partial charge in [0.25, 0.3) is 0 Å². The van der Waals surface area contributed by atoms with E-state index in [2.05, 4.69) is 12.6 Å². The predicted octanol–water partition coefficient (Wildman–Crippen LogP) is 1.16. The van der Waals surface area contributed by atoms with Crippen molar-refractivity contribution in [3.8, 4) is 0 Å². The van der Waals surface area contributed by atoms with Gasteiger partial charge < -0.3 is 20.7 Å². The van der Waals surface area contributed by atoms with Gasteiger partial charge in [0.2, 0.25) is 0 Å². The van der Waals surface area contributed by atoms with E-state index in [0.29, 0.717) is 17.7 Å². The Kier molecular flexibility index (Phi) is 6.14. The third-order valence-corrected chi connectivity index (χ3v) is 2.96. The second-order valence-electron chi connectivity index (χ2n) is 4.09. The summed E-state index contributed by atoms with van der Waals surface area (Å²) in [6, 6.07) is 4.53. The fourth-order valence-corrected chi connectivity index (χ4v) is 1.92. The number of hydrogen-bond acceptors (Lipinski definition) is 6. The molecular weight excluding hydrogens is 266 g/mol. The van der Waals surface area contributed by atoms with Gasteiger partial charge in [0.15, 0.2) is 0 Å². The maximum atomic E-state index is 11.7. The number of aliphatic hydroxyl groups excluding tert-OH is 2. The quantitative estimate of drug-likeness (QED) is 0.357. The Labute approximate surface area is 117 Å². The van der Waals surface area contributed by atoms with Gasteiger partial charge in [-0.1, -0.05) is 6.07 Å². The van der Waals surface area contributed by atoms with Crippen molar-refractivity contribution in [1.29, 1.82) is 0 Å². The second kappa shape index (κ2) is 7.37. The van der Waals surface area contributed by atoms with Crippen LogP contribution in [0.25, 0.3) is 0 Å². The lowest BCUT2D eigenvalue weighted by atomic mass is 9.99. The number of anilines is 1. The summed E-state index contributed by atoms with van der Waals surface area (Å²) in [5.74, 6) is -0.0875. The monoisotopic (exact) mass is 285 g/mol. The Morgan fingerprint density at radius 1 is 1.47 bits per heavy atom. The molecule has 106 valence electrons. The lowest BCUT2D eigenvalue weighted by molar-refractivity contribution is 0.0171. The Morgan fingerprint density at radius 3 is 2.74 bits per heavy atom. The molecule has 0 amide bonds. The Bertz CT molecular complexity index is 439. The molecule has 1 aromatic rings. The molecule has 0 aliphatic carbocycles. The molecule has 0 radical (unpaired) electrons. The molecule has 6 heteroatoms. The number of thiol groups is 1. The van der Waals surface area contributed by atoms with Gasteiger partial charge in [0, 0.05) is 5.69 Å². The smallest absolute Gasteiger partial charge is 0.340 e. The number of carbonyl (C=O) groups excluding carboxylic acids is 1. The molecule has 0 aliphatic heterocycles. The van der Waals surface area contributed by atoms with E-state index in [-0.39, 0.29) is 17.9 Å². The molecule has 0 spiro atoms. The molecule has 0 bridgehead atoms. The maximum absolute atomic E-state index is 11.7. The van der Waals surface area contributed by atoms with Crippen molar-refractivity contribution in [2.75, 3.05) is 18.1 Å². The van der Waals surface area contributed by atoms with E-state index in [0.717, 1.165) is 0 Å². The van der Waals surface area contributed by atoms with Gasteiger partial charge in [-0.3, -0.25) is 0 Å². The maximum Gasteiger partial charge on any atom is 0.340 e. The minimum Gasteiger partial charge on any atom is -0.462 e. The number of carbonyl (C=O) groups is 1. The summed E-state index contributed by atoms with van der Waals surface area (Å²) in [6.45, 7) is 1.94. The molecule has 0 fully saturated rings. The van der Waals surface area contributed by atoms with Gasteiger partial charge in [0.1, 0.15) is 6.10 Å². The van der Waals surface area contributed by atoms with Gasteiger partial charge in [-0.25, -0.2) is 4.79 Å². The summed E-state index contributed by atoms with van der Waals surface area (Å²) in [4.78, 5) is 11.7. The number of nitrogen functional groups attached to an aromatic ring is 1. The summed E-state index contributed by atoms with van der Waals surface area (Å²) in [5.41, 5.74) is 6.59. The first-order valence-electron chi connectivity index (χ1n) is 6.04. The van der Waals surface area contributed by atoms with Crippen LogP contribution in [0.4, 0.5) is 5.69 Å². The SMILES string of the molecule is CCOC(=O)c1cc(C(O)C(O)CCS)ccc1N. The fraction of sp³-hybridized carbons (Fsp3) is 0.462.